The number of rotatable bonds is 2. The van der Waals surface area contributed by atoms with E-state index in [1.54, 1.807) is 0 Å². The van der Waals surface area contributed by atoms with Gasteiger partial charge in [-0.1, -0.05) is 11.6 Å². The number of hydrogen-bond donors (Lipinski definition) is 4. The largest absolute Gasteiger partial charge is 0.394 e. The number of hydrogen-bond acceptors (Lipinski definition) is 7. The first-order chi connectivity index (χ1) is 8.45. The second-order valence-corrected chi connectivity index (χ2v) is 4.30. The predicted octanol–water partition coefficient (Wildman–Crippen LogP) is -1.49. The van der Waals surface area contributed by atoms with Gasteiger partial charge in [0, 0.05) is 6.20 Å². The number of ether oxygens (including phenoxy) is 1. The third kappa shape index (κ3) is 2.83. The lowest BCUT2D eigenvalue weighted by Gasteiger charge is -2.17. The summed E-state index contributed by atoms with van der Waals surface area (Å²) in [6.07, 6.45) is -3.67. The maximum atomic E-state index is 11.6. The second-order valence-electron chi connectivity index (χ2n) is 3.89. The van der Waals surface area contributed by atoms with Crippen LogP contribution in [0, 0.1) is 0 Å². The summed E-state index contributed by atoms with van der Waals surface area (Å²) in [6, 6.07) is 0. The van der Waals surface area contributed by atoms with Crippen LogP contribution in [0.15, 0.2) is 11.0 Å². The van der Waals surface area contributed by atoms with Gasteiger partial charge >= 0.3 is 5.69 Å². The molecule has 1 aliphatic rings. The number of nitrogens with zero attached hydrogens (tertiary/aromatic N) is 2. The Hall–Kier alpha value is -0.900. The van der Waals surface area contributed by atoms with Crippen LogP contribution in [0.4, 0.5) is 5.82 Å². The van der Waals surface area contributed by atoms with E-state index >= 15 is 0 Å². The van der Waals surface area contributed by atoms with E-state index in [1.165, 1.54) is 0 Å². The van der Waals surface area contributed by atoms with E-state index < -0.39 is 36.8 Å². The van der Waals surface area contributed by atoms with Crippen molar-refractivity contribution in [2.24, 2.45) is 0 Å². The van der Waals surface area contributed by atoms with Crippen molar-refractivity contribution in [1.29, 1.82) is 0 Å². The first-order valence-electron chi connectivity index (χ1n) is 5.12. The molecule has 1 aromatic rings. The van der Waals surface area contributed by atoms with Gasteiger partial charge in [-0.15, -0.1) is 12.4 Å². The van der Waals surface area contributed by atoms with Gasteiger partial charge in [-0.2, -0.15) is 4.98 Å². The number of aromatic nitrogens is 2. The standard InChI is InChI=1S/C9H12ClN3O5.ClH/c10-3-1-13(9(17)12-7(3)11)8-6(16)5(15)4(2-14)18-8;/h1,4-6,8,14-16H,2H2,(H2,11,12,17);1H. The van der Waals surface area contributed by atoms with Gasteiger partial charge in [0.1, 0.15) is 24.1 Å². The molecule has 1 aromatic heterocycles. The number of halogens is 2. The molecule has 2 heterocycles. The summed E-state index contributed by atoms with van der Waals surface area (Å²) in [5, 5.41) is 28.3. The van der Waals surface area contributed by atoms with Crippen LogP contribution in [-0.2, 0) is 4.74 Å². The predicted molar refractivity (Wildman–Crippen MR) is 68.2 cm³/mol. The number of anilines is 1. The summed E-state index contributed by atoms with van der Waals surface area (Å²) in [6.45, 7) is -0.486. The van der Waals surface area contributed by atoms with Crippen molar-refractivity contribution >= 4 is 29.8 Å². The Balaban J connectivity index is 0.00000180. The smallest absolute Gasteiger partial charge is 0.351 e. The van der Waals surface area contributed by atoms with Gasteiger partial charge in [0.05, 0.1) is 11.6 Å². The molecule has 4 unspecified atom stereocenters. The van der Waals surface area contributed by atoms with E-state index in [1.807, 2.05) is 0 Å². The second kappa shape index (κ2) is 6.04. The van der Waals surface area contributed by atoms with Crippen LogP contribution < -0.4 is 11.4 Å². The highest BCUT2D eigenvalue weighted by molar-refractivity contribution is 6.32. The molecule has 8 nitrogen and oxygen atoms in total. The molecule has 10 heteroatoms. The van der Waals surface area contributed by atoms with Crippen molar-refractivity contribution in [1.82, 2.24) is 9.55 Å². The molecule has 0 radical (unpaired) electrons. The SMILES string of the molecule is Cl.Nc1nc(=O)n(C2OC(CO)C(O)C2O)cc1Cl. The fourth-order valence-corrected chi connectivity index (χ4v) is 1.90. The molecular weight excluding hydrogens is 301 g/mol. The lowest BCUT2D eigenvalue weighted by molar-refractivity contribution is -0.0549. The maximum Gasteiger partial charge on any atom is 0.351 e. The van der Waals surface area contributed by atoms with E-state index in [0.717, 1.165) is 10.8 Å². The average Bonchev–Trinajstić information content (AvgIpc) is 2.61. The van der Waals surface area contributed by atoms with E-state index in [0.29, 0.717) is 0 Å². The summed E-state index contributed by atoms with van der Waals surface area (Å²) in [4.78, 5) is 15.1. The Morgan fingerprint density at radius 3 is 2.63 bits per heavy atom. The summed E-state index contributed by atoms with van der Waals surface area (Å²) >= 11 is 5.72. The quantitative estimate of drug-likeness (QED) is 0.523. The first kappa shape index (κ1) is 16.2. The maximum absolute atomic E-state index is 11.6. The zero-order valence-electron chi connectivity index (χ0n) is 9.51. The van der Waals surface area contributed by atoms with E-state index in [9.17, 15) is 15.0 Å². The molecule has 2 rings (SSSR count). The zero-order chi connectivity index (χ0) is 13.4. The molecule has 5 N–H and O–H groups in total. The molecule has 0 amide bonds. The van der Waals surface area contributed by atoms with Crippen molar-refractivity contribution in [3.8, 4) is 0 Å². The Kier molecular flexibility index (Phi) is 5.13. The molecular formula is C9H13Cl2N3O5. The summed E-state index contributed by atoms with van der Waals surface area (Å²) in [5.41, 5.74) is 4.58. The fourth-order valence-electron chi connectivity index (χ4n) is 1.75. The van der Waals surface area contributed by atoms with Gasteiger partial charge < -0.3 is 25.8 Å². The van der Waals surface area contributed by atoms with Gasteiger partial charge in [0.25, 0.3) is 0 Å². The Labute approximate surface area is 118 Å². The van der Waals surface area contributed by atoms with Crippen LogP contribution in [0.5, 0.6) is 0 Å². The van der Waals surface area contributed by atoms with Gasteiger partial charge in [-0.05, 0) is 0 Å². The first-order valence-corrected chi connectivity index (χ1v) is 5.50. The number of nitrogens with two attached hydrogens (primary N) is 1. The van der Waals surface area contributed by atoms with E-state index in [-0.39, 0.29) is 23.2 Å². The van der Waals surface area contributed by atoms with Gasteiger partial charge in [-0.3, -0.25) is 4.57 Å². The van der Waals surface area contributed by atoms with Gasteiger partial charge in [0.15, 0.2) is 6.23 Å². The molecule has 108 valence electrons. The van der Waals surface area contributed by atoms with Crippen LogP contribution in [0.1, 0.15) is 6.23 Å². The molecule has 0 saturated carbocycles. The third-order valence-corrected chi connectivity index (χ3v) is 3.02. The van der Waals surface area contributed by atoms with Crippen LogP contribution in [0.3, 0.4) is 0 Å². The van der Waals surface area contributed by atoms with Crippen LogP contribution in [-0.4, -0.2) is 49.8 Å². The number of nitrogen functional groups attached to an aromatic ring is 1. The number of aliphatic hydroxyl groups is 3. The molecule has 0 spiro atoms. The molecule has 1 fully saturated rings. The molecule has 1 aliphatic heterocycles. The summed E-state index contributed by atoms with van der Waals surface area (Å²) < 4.78 is 6.09. The summed E-state index contributed by atoms with van der Waals surface area (Å²) in [7, 11) is 0. The van der Waals surface area contributed by atoms with Crippen molar-refractivity contribution in [2.45, 2.75) is 24.5 Å². The number of aliphatic hydroxyl groups excluding tert-OH is 3. The molecule has 1 saturated heterocycles. The lowest BCUT2D eigenvalue weighted by atomic mass is 10.1. The molecule has 0 aliphatic carbocycles. The highest BCUT2D eigenvalue weighted by Crippen LogP contribution is 2.29. The van der Waals surface area contributed by atoms with E-state index in [4.69, 9.17) is 27.2 Å². The Morgan fingerprint density at radius 1 is 1.47 bits per heavy atom. The van der Waals surface area contributed by atoms with Crippen molar-refractivity contribution in [3.63, 3.8) is 0 Å². The highest BCUT2D eigenvalue weighted by Gasteiger charge is 2.43. The minimum absolute atomic E-state index is 0. The van der Waals surface area contributed by atoms with Crippen LogP contribution in [0.25, 0.3) is 0 Å². The minimum atomic E-state index is -1.37. The average molecular weight is 314 g/mol. The normalized spacial score (nSPS) is 30.1. The molecule has 19 heavy (non-hydrogen) atoms. The van der Waals surface area contributed by atoms with Crippen LogP contribution >= 0.6 is 24.0 Å². The van der Waals surface area contributed by atoms with Gasteiger partial charge in [-0.25, -0.2) is 4.79 Å². The van der Waals surface area contributed by atoms with Crippen molar-refractivity contribution < 1.29 is 20.1 Å². The monoisotopic (exact) mass is 313 g/mol. The topological polar surface area (TPSA) is 131 Å². The molecule has 0 bridgehead atoms. The lowest BCUT2D eigenvalue weighted by Crippen LogP contribution is -2.36. The zero-order valence-corrected chi connectivity index (χ0v) is 11.1. The molecule has 0 aromatic carbocycles. The third-order valence-electron chi connectivity index (χ3n) is 2.73. The highest BCUT2D eigenvalue weighted by atomic mass is 35.5. The van der Waals surface area contributed by atoms with Crippen molar-refractivity contribution in [3.05, 3.63) is 21.7 Å². The minimum Gasteiger partial charge on any atom is -0.394 e. The Morgan fingerprint density at radius 2 is 2.11 bits per heavy atom. The molecule has 4 atom stereocenters. The van der Waals surface area contributed by atoms with E-state index in [2.05, 4.69) is 4.98 Å². The Bertz CT molecular complexity index is 511. The summed E-state index contributed by atoms with van der Waals surface area (Å²) in [5.74, 6) is -0.135. The fraction of sp³-hybridized carbons (Fsp3) is 0.556. The van der Waals surface area contributed by atoms with Gasteiger partial charge in [0.2, 0.25) is 0 Å². The van der Waals surface area contributed by atoms with Crippen molar-refractivity contribution in [2.75, 3.05) is 12.3 Å². The van der Waals surface area contributed by atoms with Crippen LogP contribution in [0.2, 0.25) is 5.02 Å².